The van der Waals surface area contributed by atoms with Gasteiger partial charge in [-0.3, -0.25) is 0 Å². The molecule has 0 bridgehead atoms. The number of hydrogen-bond acceptors (Lipinski definition) is 3. The van der Waals surface area contributed by atoms with Crippen molar-refractivity contribution in [3.8, 4) is 0 Å². The summed E-state index contributed by atoms with van der Waals surface area (Å²) in [6.45, 7) is 8.47. The van der Waals surface area contributed by atoms with Crippen molar-refractivity contribution in [3.05, 3.63) is 12.2 Å². The number of hydrogen-bond donors (Lipinski definition) is 1. The van der Waals surface area contributed by atoms with Crippen LogP contribution in [0.3, 0.4) is 0 Å². The van der Waals surface area contributed by atoms with Crippen molar-refractivity contribution in [2.75, 3.05) is 6.54 Å². The van der Waals surface area contributed by atoms with Crippen molar-refractivity contribution >= 4 is 0 Å². The highest BCUT2D eigenvalue weighted by molar-refractivity contribution is 4.97. The van der Waals surface area contributed by atoms with Crippen LogP contribution in [0.4, 0.5) is 0 Å². The Morgan fingerprint density at radius 3 is 2.67 bits per heavy atom. The summed E-state index contributed by atoms with van der Waals surface area (Å²) in [5, 5.41) is 4.40. The van der Waals surface area contributed by atoms with E-state index in [9.17, 15) is 0 Å². The summed E-state index contributed by atoms with van der Waals surface area (Å²) in [6, 6.07) is 0. The Morgan fingerprint density at radius 1 is 1.38 bits per heavy atom. The summed E-state index contributed by atoms with van der Waals surface area (Å²) in [5.41, 5.74) is 6.42. The minimum absolute atomic E-state index is 0.256. The van der Waals surface area contributed by atoms with Gasteiger partial charge in [-0.1, -0.05) is 33.6 Å². The molecule has 0 unspecified atom stereocenters. The van der Waals surface area contributed by atoms with Gasteiger partial charge in [0.05, 0.1) is 0 Å². The maximum Gasteiger partial charge on any atom is 0.138 e. The quantitative estimate of drug-likeness (QED) is 0.838. The molecule has 1 aromatic heterocycles. The van der Waals surface area contributed by atoms with E-state index in [4.69, 9.17) is 5.73 Å². The van der Waals surface area contributed by atoms with Crippen LogP contribution in [0.1, 0.15) is 65.1 Å². The summed E-state index contributed by atoms with van der Waals surface area (Å²) in [6.07, 6.45) is 10.6. The van der Waals surface area contributed by atoms with Gasteiger partial charge in [-0.25, -0.2) is 9.67 Å². The van der Waals surface area contributed by atoms with Gasteiger partial charge in [0.25, 0.3) is 0 Å². The van der Waals surface area contributed by atoms with Crippen LogP contribution < -0.4 is 5.73 Å². The zero-order valence-corrected chi connectivity index (χ0v) is 14.0. The SMILES string of the molecule is CCCC1CCC(CN)(Cc2ncnn2CC(C)C)CC1. The topological polar surface area (TPSA) is 56.7 Å². The largest absolute Gasteiger partial charge is 0.330 e. The second kappa shape index (κ2) is 7.39. The first-order valence-corrected chi connectivity index (χ1v) is 8.65. The van der Waals surface area contributed by atoms with Gasteiger partial charge >= 0.3 is 0 Å². The van der Waals surface area contributed by atoms with Gasteiger partial charge in [-0.2, -0.15) is 5.10 Å². The molecule has 1 aliphatic carbocycles. The third-order valence-corrected chi connectivity index (χ3v) is 5.06. The van der Waals surface area contributed by atoms with Gasteiger partial charge in [0.15, 0.2) is 0 Å². The Labute approximate surface area is 129 Å². The van der Waals surface area contributed by atoms with Gasteiger partial charge < -0.3 is 5.73 Å². The van der Waals surface area contributed by atoms with Gasteiger partial charge in [-0.15, -0.1) is 0 Å². The van der Waals surface area contributed by atoms with Gasteiger partial charge in [-0.05, 0) is 49.5 Å². The fourth-order valence-electron chi connectivity index (χ4n) is 3.70. The van der Waals surface area contributed by atoms with Crippen molar-refractivity contribution in [1.82, 2.24) is 14.8 Å². The molecule has 21 heavy (non-hydrogen) atoms. The fraction of sp³-hybridized carbons (Fsp3) is 0.882. The van der Waals surface area contributed by atoms with Crippen LogP contribution in [0.15, 0.2) is 6.33 Å². The van der Waals surface area contributed by atoms with E-state index < -0.39 is 0 Å². The van der Waals surface area contributed by atoms with Crippen LogP contribution in [0.2, 0.25) is 0 Å². The first kappa shape index (κ1) is 16.5. The predicted octanol–water partition coefficient (Wildman–Crippen LogP) is 3.41. The van der Waals surface area contributed by atoms with Crippen LogP contribution in [0.25, 0.3) is 0 Å². The standard InChI is InChI=1S/C17H32N4/c1-4-5-15-6-8-17(12-18,9-7-15)10-16-19-13-20-21(16)11-14(2)3/h13-15H,4-12,18H2,1-3H3. The Hall–Kier alpha value is -0.900. The summed E-state index contributed by atoms with van der Waals surface area (Å²) < 4.78 is 2.08. The van der Waals surface area contributed by atoms with Gasteiger partial charge in [0, 0.05) is 13.0 Å². The molecule has 4 nitrogen and oxygen atoms in total. The van der Waals surface area contributed by atoms with Crippen molar-refractivity contribution in [2.45, 2.75) is 72.3 Å². The Morgan fingerprint density at radius 2 is 2.10 bits per heavy atom. The maximum absolute atomic E-state index is 6.17. The lowest BCUT2D eigenvalue weighted by atomic mass is 9.67. The Kier molecular flexibility index (Phi) is 5.80. The first-order chi connectivity index (χ1) is 10.1. The molecule has 1 aliphatic rings. The molecule has 0 saturated heterocycles. The average Bonchev–Trinajstić information content (AvgIpc) is 2.88. The monoisotopic (exact) mass is 292 g/mol. The lowest BCUT2D eigenvalue weighted by Crippen LogP contribution is -2.37. The van der Waals surface area contributed by atoms with E-state index in [-0.39, 0.29) is 5.41 Å². The molecule has 1 heterocycles. The van der Waals surface area contributed by atoms with Crippen LogP contribution in [0, 0.1) is 17.3 Å². The molecule has 4 heteroatoms. The first-order valence-electron chi connectivity index (χ1n) is 8.65. The minimum atomic E-state index is 0.256. The molecule has 2 rings (SSSR count). The molecule has 0 aliphatic heterocycles. The normalized spacial score (nSPS) is 26.4. The molecule has 0 aromatic carbocycles. The molecule has 120 valence electrons. The zero-order chi connectivity index (χ0) is 15.3. The van der Waals surface area contributed by atoms with Crippen LogP contribution in [-0.2, 0) is 13.0 Å². The Balaban J connectivity index is 2.01. The van der Waals surface area contributed by atoms with E-state index in [1.54, 1.807) is 6.33 Å². The maximum atomic E-state index is 6.17. The Bertz CT molecular complexity index is 416. The summed E-state index contributed by atoms with van der Waals surface area (Å²) >= 11 is 0. The van der Waals surface area contributed by atoms with Crippen molar-refractivity contribution < 1.29 is 0 Å². The fourth-order valence-corrected chi connectivity index (χ4v) is 3.70. The summed E-state index contributed by atoms with van der Waals surface area (Å²) in [4.78, 5) is 4.51. The number of aromatic nitrogens is 3. The molecule has 0 radical (unpaired) electrons. The lowest BCUT2D eigenvalue weighted by molar-refractivity contribution is 0.146. The number of nitrogens with zero attached hydrogens (tertiary/aromatic N) is 3. The molecule has 0 spiro atoms. The molecule has 1 saturated carbocycles. The highest BCUT2D eigenvalue weighted by Crippen LogP contribution is 2.41. The predicted molar refractivity (Wildman–Crippen MR) is 86.9 cm³/mol. The van der Waals surface area contributed by atoms with Crippen LogP contribution in [0.5, 0.6) is 0 Å². The van der Waals surface area contributed by atoms with Crippen molar-refractivity contribution in [2.24, 2.45) is 23.0 Å². The van der Waals surface area contributed by atoms with E-state index in [1.165, 1.54) is 38.5 Å². The summed E-state index contributed by atoms with van der Waals surface area (Å²) in [5.74, 6) is 2.64. The second-order valence-corrected chi connectivity index (χ2v) is 7.37. The summed E-state index contributed by atoms with van der Waals surface area (Å²) in [7, 11) is 0. The van der Waals surface area contributed by atoms with Crippen molar-refractivity contribution in [3.63, 3.8) is 0 Å². The zero-order valence-electron chi connectivity index (χ0n) is 14.0. The molecule has 1 fully saturated rings. The third-order valence-electron chi connectivity index (χ3n) is 5.06. The molecule has 2 N–H and O–H groups in total. The average molecular weight is 292 g/mol. The molecular formula is C17H32N4. The number of nitrogens with two attached hydrogens (primary N) is 1. The minimum Gasteiger partial charge on any atom is -0.330 e. The molecule has 0 amide bonds. The van der Waals surface area contributed by atoms with E-state index in [1.807, 2.05) is 0 Å². The third kappa shape index (κ3) is 4.29. The smallest absolute Gasteiger partial charge is 0.138 e. The van der Waals surface area contributed by atoms with Gasteiger partial charge in [0.2, 0.25) is 0 Å². The number of rotatable bonds is 7. The highest BCUT2D eigenvalue weighted by atomic mass is 15.3. The lowest BCUT2D eigenvalue weighted by Gasteiger charge is -2.39. The van der Waals surface area contributed by atoms with E-state index >= 15 is 0 Å². The highest BCUT2D eigenvalue weighted by Gasteiger charge is 2.35. The molecule has 0 atom stereocenters. The molecule has 1 aromatic rings. The molecular weight excluding hydrogens is 260 g/mol. The van der Waals surface area contributed by atoms with Crippen molar-refractivity contribution in [1.29, 1.82) is 0 Å². The van der Waals surface area contributed by atoms with Gasteiger partial charge in [0.1, 0.15) is 12.2 Å². The van der Waals surface area contributed by atoms with E-state index in [0.29, 0.717) is 5.92 Å². The van der Waals surface area contributed by atoms with Crippen LogP contribution >= 0.6 is 0 Å². The van der Waals surface area contributed by atoms with Crippen LogP contribution in [-0.4, -0.2) is 21.3 Å². The second-order valence-electron chi connectivity index (χ2n) is 7.37. The van der Waals surface area contributed by atoms with E-state index in [0.717, 1.165) is 31.3 Å². The van der Waals surface area contributed by atoms with E-state index in [2.05, 4.69) is 35.5 Å².